The first kappa shape index (κ1) is 18.3. The molecule has 0 radical (unpaired) electrons. The molecule has 0 aliphatic heterocycles. The zero-order valence-corrected chi connectivity index (χ0v) is 16.0. The number of aryl methyl sites for hydroxylation is 1. The Morgan fingerprint density at radius 2 is 1.35 bits per heavy atom. The summed E-state index contributed by atoms with van der Waals surface area (Å²) in [6, 6.07) is 6.84. The van der Waals surface area contributed by atoms with Crippen LogP contribution in [0.1, 0.15) is 82.3 Å². The minimum absolute atomic E-state index is 1.19. The van der Waals surface area contributed by atoms with Crippen LogP contribution in [0.5, 0.6) is 0 Å². The summed E-state index contributed by atoms with van der Waals surface area (Å²) in [6.07, 6.45) is 15.6. The average Bonchev–Trinajstić information content (AvgIpc) is 2.45. The standard InChI is InChI=1S/C19H31.Na/c1-3-4-5-6-7-8-9-10-11-12-16-19-17-14-13-15-18(19)2;/h13-14,17H,3-12,16H2,1-2H3;. The molecular weight excluding hydrogens is 251 g/mol. The van der Waals surface area contributed by atoms with Crippen LogP contribution in [-0.4, -0.2) is 27.9 Å². The Bertz CT molecular complexity index is 357. The van der Waals surface area contributed by atoms with Gasteiger partial charge in [0, 0.05) is 0 Å². The van der Waals surface area contributed by atoms with Gasteiger partial charge < -0.3 is 0 Å². The quantitative estimate of drug-likeness (QED) is 0.384. The van der Waals surface area contributed by atoms with Gasteiger partial charge in [0.2, 0.25) is 0 Å². The van der Waals surface area contributed by atoms with Crippen LogP contribution in [0.25, 0.3) is 0 Å². The fourth-order valence-electron chi connectivity index (χ4n) is 2.89. The first-order valence-corrected chi connectivity index (χ1v) is 9.80. The van der Waals surface area contributed by atoms with E-state index in [-0.39, 0.29) is 0 Å². The van der Waals surface area contributed by atoms with Gasteiger partial charge in [-0.2, -0.15) is 0 Å². The van der Waals surface area contributed by atoms with E-state index in [0.717, 1.165) is 0 Å². The predicted molar refractivity (Wildman–Crippen MR) is 92.1 cm³/mol. The van der Waals surface area contributed by atoms with E-state index >= 15 is 0 Å². The Hall–Kier alpha value is 0.220. The van der Waals surface area contributed by atoms with Gasteiger partial charge in [0.05, 0.1) is 0 Å². The van der Waals surface area contributed by atoms with Crippen molar-refractivity contribution in [1.29, 1.82) is 0 Å². The van der Waals surface area contributed by atoms with E-state index in [2.05, 4.69) is 32.0 Å². The zero-order chi connectivity index (χ0) is 14.6. The number of unbranched alkanes of at least 4 members (excludes halogenated alkanes) is 9. The van der Waals surface area contributed by atoms with Gasteiger partial charge in [0.1, 0.15) is 0 Å². The number of benzene rings is 1. The summed E-state index contributed by atoms with van der Waals surface area (Å²) in [5.74, 6) is 0. The van der Waals surface area contributed by atoms with Gasteiger partial charge in [0.15, 0.2) is 0 Å². The molecule has 0 heterocycles. The molecule has 0 aromatic heterocycles. The Kier molecular flexibility index (Phi) is 10.8. The van der Waals surface area contributed by atoms with E-state index in [9.17, 15) is 0 Å². The summed E-state index contributed by atoms with van der Waals surface area (Å²) < 4.78 is 1.58. The monoisotopic (exact) mass is 282 g/mol. The molecule has 1 rings (SSSR count). The molecular formula is C19H31Na. The van der Waals surface area contributed by atoms with Gasteiger partial charge in [-0.25, -0.2) is 0 Å². The SMILES string of the molecule is CCCCCCCCCCCCc1ccc[c]([Na])c1C. The molecule has 0 fully saturated rings. The molecule has 1 heteroatoms. The predicted octanol–water partition coefficient (Wildman–Crippen LogP) is 5.25. The second-order valence-corrected chi connectivity index (χ2v) is 7.37. The van der Waals surface area contributed by atoms with E-state index in [1.54, 1.807) is 13.9 Å². The second-order valence-electron chi connectivity index (χ2n) is 6.29. The summed E-state index contributed by atoms with van der Waals surface area (Å²) in [4.78, 5) is 0. The maximum absolute atomic E-state index is 2.32. The van der Waals surface area contributed by atoms with Crippen molar-refractivity contribution in [2.45, 2.75) is 84.5 Å². The van der Waals surface area contributed by atoms with Crippen LogP contribution in [0, 0.1) is 6.92 Å². The summed E-state index contributed by atoms with van der Waals surface area (Å²) in [5, 5.41) is 0. The first-order valence-electron chi connectivity index (χ1n) is 8.80. The van der Waals surface area contributed by atoms with Crippen molar-refractivity contribution in [1.82, 2.24) is 0 Å². The summed E-state index contributed by atoms with van der Waals surface area (Å²) >= 11 is 1.19. The molecule has 1 aromatic rings. The van der Waals surface area contributed by atoms with Gasteiger partial charge in [-0.15, -0.1) is 0 Å². The van der Waals surface area contributed by atoms with Crippen LogP contribution in [0.3, 0.4) is 0 Å². The third kappa shape index (κ3) is 7.86. The molecule has 0 spiro atoms. The van der Waals surface area contributed by atoms with E-state index in [1.807, 2.05) is 0 Å². The number of hydrogen-bond acceptors (Lipinski definition) is 0. The molecule has 1 aromatic carbocycles. The third-order valence-electron chi connectivity index (χ3n) is 4.52. The van der Waals surface area contributed by atoms with Crippen molar-refractivity contribution in [2.75, 3.05) is 0 Å². The fraction of sp³-hybridized carbons (Fsp3) is 0.684. The van der Waals surface area contributed by atoms with Gasteiger partial charge in [-0.1, -0.05) is 19.8 Å². The molecule has 0 amide bonds. The van der Waals surface area contributed by atoms with Crippen LogP contribution >= 0.6 is 0 Å². The Morgan fingerprint density at radius 1 is 0.800 bits per heavy atom. The summed E-state index contributed by atoms with van der Waals surface area (Å²) in [7, 11) is 0. The molecule has 0 aliphatic carbocycles. The van der Waals surface area contributed by atoms with Crippen LogP contribution < -0.4 is 2.81 Å². The van der Waals surface area contributed by atoms with Gasteiger partial charge in [-0.3, -0.25) is 0 Å². The van der Waals surface area contributed by atoms with Crippen LogP contribution in [0.4, 0.5) is 0 Å². The maximum atomic E-state index is 2.32. The van der Waals surface area contributed by atoms with E-state index in [4.69, 9.17) is 0 Å². The molecule has 0 saturated heterocycles. The molecule has 0 saturated carbocycles. The fourth-order valence-corrected chi connectivity index (χ4v) is 3.40. The molecule has 0 nitrogen and oxygen atoms in total. The van der Waals surface area contributed by atoms with E-state index in [0.29, 0.717) is 0 Å². The van der Waals surface area contributed by atoms with Gasteiger partial charge in [-0.05, 0) is 0 Å². The Morgan fingerprint density at radius 3 is 1.95 bits per heavy atom. The van der Waals surface area contributed by atoms with Gasteiger partial charge in [0.25, 0.3) is 0 Å². The molecule has 0 aliphatic rings. The van der Waals surface area contributed by atoms with E-state index < -0.39 is 0 Å². The topological polar surface area (TPSA) is 0 Å². The molecule has 20 heavy (non-hydrogen) atoms. The second kappa shape index (κ2) is 11.8. The minimum atomic E-state index is 1.19. The molecule has 0 N–H and O–H groups in total. The summed E-state index contributed by atoms with van der Waals surface area (Å²) in [6.45, 7) is 4.59. The molecule has 0 bridgehead atoms. The van der Waals surface area contributed by atoms with Gasteiger partial charge >= 0.3 is 125 Å². The van der Waals surface area contributed by atoms with Crippen molar-refractivity contribution in [3.05, 3.63) is 29.3 Å². The number of hydrogen-bond donors (Lipinski definition) is 0. The van der Waals surface area contributed by atoms with Crippen molar-refractivity contribution in [3.63, 3.8) is 0 Å². The number of rotatable bonds is 11. The average molecular weight is 282 g/mol. The normalized spacial score (nSPS) is 11.0. The van der Waals surface area contributed by atoms with Crippen LogP contribution in [0.2, 0.25) is 0 Å². The van der Waals surface area contributed by atoms with E-state index in [1.165, 1.54) is 98.6 Å². The Labute approximate surface area is 144 Å². The van der Waals surface area contributed by atoms with Crippen molar-refractivity contribution in [3.8, 4) is 0 Å². The van der Waals surface area contributed by atoms with Crippen molar-refractivity contribution in [2.24, 2.45) is 0 Å². The van der Waals surface area contributed by atoms with Crippen molar-refractivity contribution < 1.29 is 0 Å². The van der Waals surface area contributed by atoms with Crippen molar-refractivity contribution >= 4 is 30.7 Å². The molecule has 108 valence electrons. The summed E-state index contributed by atoms with van der Waals surface area (Å²) in [5.41, 5.74) is 3.16. The van der Waals surface area contributed by atoms with Crippen LogP contribution in [-0.2, 0) is 6.42 Å². The third-order valence-corrected chi connectivity index (χ3v) is 5.60. The van der Waals surface area contributed by atoms with Crippen LogP contribution in [0.15, 0.2) is 18.2 Å². The Balaban J connectivity index is 1.98. The molecule has 0 unspecified atom stereocenters. The zero-order valence-electron chi connectivity index (χ0n) is 14.0. The molecule has 0 atom stereocenters. The first-order chi connectivity index (χ1) is 9.75.